The summed E-state index contributed by atoms with van der Waals surface area (Å²) in [7, 11) is 0. The summed E-state index contributed by atoms with van der Waals surface area (Å²) in [5.74, 6) is -0.00822. The molecule has 2 amide bonds. The van der Waals surface area contributed by atoms with Gasteiger partial charge in [-0.2, -0.15) is 0 Å². The maximum absolute atomic E-state index is 12.8. The third-order valence-corrected chi connectivity index (χ3v) is 7.22. The molecule has 0 aromatic heterocycles. The van der Waals surface area contributed by atoms with Crippen molar-refractivity contribution in [2.24, 2.45) is 0 Å². The van der Waals surface area contributed by atoms with Gasteiger partial charge in [0.05, 0.1) is 22.6 Å². The minimum atomic E-state index is -0.278. The summed E-state index contributed by atoms with van der Waals surface area (Å²) in [5.41, 5.74) is 2.66. The molecular formula is C25H25ClN2O4S2. The Hall–Kier alpha value is -2.39. The monoisotopic (exact) mass is 516 g/mol. The quantitative estimate of drug-likeness (QED) is 0.379. The number of rotatable bonds is 8. The van der Waals surface area contributed by atoms with E-state index < -0.39 is 0 Å². The third-order valence-electron chi connectivity index (χ3n) is 5.54. The van der Waals surface area contributed by atoms with Gasteiger partial charge in [0, 0.05) is 12.3 Å². The van der Waals surface area contributed by atoms with Gasteiger partial charge in [0.1, 0.15) is 10.1 Å². The second kappa shape index (κ2) is 11.4. The van der Waals surface area contributed by atoms with Crippen LogP contribution in [0.3, 0.4) is 0 Å². The maximum atomic E-state index is 12.8. The molecule has 2 aliphatic heterocycles. The van der Waals surface area contributed by atoms with E-state index >= 15 is 0 Å². The summed E-state index contributed by atoms with van der Waals surface area (Å²) in [4.78, 5) is 27.2. The molecular weight excluding hydrogens is 492 g/mol. The van der Waals surface area contributed by atoms with Crippen LogP contribution in [-0.2, 0) is 20.7 Å². The van der Waals surface area contributed by atoms with Crippen molar-refractivity contribution < 1.29 is 19.1 Å². The van der Waals surface area contributed by atoms with Crippen molar-refractivity contribution in [2.75, 3.05) is 25.1 Å². The van der Waals surface area contributed by atoms with E-state index in [1.165, 1.54) is 17.3 Å². The van der Waals surface area contributed by atoms with Crippen LogP contribution in [0.15, 0.2) is 47.4 Å². The highest BCUT2D eigenvalue weighted by Crippen LogP contribution is 2.34. The first kappa shape index (κ1) is 24.7. The Labute approximate surface area is 213 Å². The molecule has 4 rings (SSSR count). The van der Waals surface area contributed by atoms with E-state index in [0.717, 1.165) is 31.4 Å². The van der Waals surface area contributed by atoms with E-state index in [4.69, 9.17) is 33.3 Å². The first-order valence-corrected chi connectivity index (χ1v) is 12.7. The number of halogens is 1. The molecule has 2 aliphatic rings. The van der Waals surface area contributed by atoms with Gasteiger partial charge in [-0.1, -0.05) is 60.7 Å². The number of hydrogen-bond acceptors (Lipinski definition) is 6. The van der Waals surface area contributed by atoms with Crippen LogP contribution < -0.4 is 10.1 Å². The minimum Gasteiger partial charge on any atom is -0.482 e. The van der Waals surface area contributed by atoms with Gasteiger partial charge >= 0.3 is 0 Å². The minimum absolute atomic E-state index is 0.0423. The van der Waals surface area contributed by atoms with Gasteiger partial charge in [0.25, 0.3) is 11.8 Å². The van der Waals surface area contributed by atoms with Gasteiger partial charge in [0.15, 0.2) is 6.61 Å². The topological polar surface area (TPSA) is 67.9 Å². The van der Waals surface area contributed by atoms with Gasteiger partial charge in [-0.3, -0.25) is 14.5 Å². The normalized spacial score (nSPS) is 19.2. The molecule has 9 heteroatoms. The second-order valence-corrected chi connectivity index (χ2v) is 10.1. The molecule has 0 unspecified atom stereocenters. The molecule has 6 nitrogen and oxygen atoms in total. The molecule has 2 fully saturated rings. The summed E-state index contributed by atoms with van der Waals surface area (Å²) in [6.07, 6.45) is 4.69. The molecule has 2 heterocycles. The number of aryl methyl sites for hydroxylation is 1. The summed E-state index contributed by atoms with van der Waals surface area (Å²) in [6, 6.07) is 12.8. The molecule has 0 saturated carbocycles. The zero-order valence-electron chi connectivity index (χ0n) is 18.7. The third kappa shape index (κ3) is 6.18. The van der Waals surface area contributed by atoms with Crippen LogP contribution in [0.1, 0.15) is 30.9 Å². The standard InChI is InChI=1S/C25H25ClN2O4S2/c1-2-16-5-8-18(9-6-16)27-23(29)15-32-21-10-7-17(12-20(21)26)13-22-24(30)28(25(33)34-22)14-19-4-3-11-31-19/h5-10,12-13,19H,2-4,11,14-15H2,1H3,(H,27,29)/b22-13-/t19-/m1/s1. The number of benzene rings is 2. The highest BCUT2D eigenvalue weighted by Gasteiger charge is 2.34. The maximum Gasteiger partial charge on any atom is 0.266 e. The molecule has 0 radical (unpaired) electrons. The SMILES string of the molecule is CCc1ccc(NC(=O)COc2ccc(/C=C3\SC(=S)N(C[C@H]4CCCO4)C3=O)cc2Cl)cc1. The first-order chi connectivity index (χ1) is 16.4. The Morgan fingerprint density at radius 3 is 2.79 bits per heavy atom. The van der Waals surface area contributed by atoms with Gasteiger partial charge in [-0.15, -0.1) is 0 Å². The second-order valence-electron chi connectivity index (χ2n) is 8.00. The molecule has 34 heavy (non-hydrogen) atoms. The number of thiocarbonyl (C=S) groups is 1. The van der Waals surface area contributed by atoms with Crippen LogP contribution in [0.5, 0.6) is 5.75 Å². The van der Waals surface area contributed by atoms with E-state index in [2.05, 4.69) is 12.2 Å². The lowest BCUT2D eigenvalue weighted by atomic mass is 10.1. The molecule has 0 spiro atoms. The number of nitrogens with one attached hydrogen (secondary N) is 1. The first-order valence-electron chi connectivity index (χ1n) is 11.1. The Bertz CT molecular complexity index is 1110. The molecule has 1 N–H and O–H groups in total. The molecule has 178 valence electrons. The van der Waals surface area contributed by atoms with Crippen LogP contribution in [-0.4, -0.2) is 46.9 Å². The molecule has 1 atom stereocenters. The molecule has 2 aromatic carbocycles. The summed E-state index contributed by atoms with van der Waals surface area (Å²) in [6.45, 7) is 3.13. The van der Waals surface area contributed by atoms with Crippen LogP contribution >= 0.6 is 35.6 Å². The summed E-state index contributed by atoms with van der Waals surface area (Å²) in [5, 5.41) is 3.15. The van der Waals surface area contributed by atoms with Crippen molar-refractivity contribution >= 4 is 63.5 Å². The number of carbonyl (C=O) groups excluding carboxylic acids is 2. The van der Waals surface area contributed by atoms with E-state index in [0.29, 0.717) is 32.2 Å². The number of thioether (sulfide) groups is 1. The smallest absolute Gasteiger partial charge is 0.266 e. The fraction of sp³-hybridized carbons (Fsp3) is 0.320. The van der Waals surface area contributed by atoms with Crippen molar-refractivity contribution in [3.05, 3.63) is 63.5 Å². The van der Waals surface area contributed by atoms with E-state index in [1.807, 2.05) is 24.3 Å². The van der Waals surface area contributed by atoms with E-state index in [1.54, 1.807) is 29.2 Å². The van der Waals surface area contributed by atoms with Crippen LogP contribution in [0.2, 0.25) is 5.02 Å². The molecule has 0 bridgehead atoms. The number of anilines is 1. The highest BCUT2D eigenvalue weighted by molar-refractivity contribution is 8.26. The van der Waals surface area contributed by atoms with Gasteiger partial charge in [-0.25, -0.2) is 0 Å². The Morgan fingerprint density at radius 1 is 1.32 bits per heavy atom. The van der Waals surface area contributed by atoms with Gasteiger partial charge in [0.2, 0.25) is 0 Å². The largest absolute Gasteiger partial charge is 0.482 e. The lowest BCUT2D eigenvalue weighted by Gasteiger charge is -2.18. The average molecular weight is 517 g/mol. The van der Waals surface area contributed by atoms with Crippen molar-refractivity contribution in [2.45, 2.75) is 32.3 Å². The zero-order chi connectivity index (χ0) is 24.1. The Morgan fingerprint density at radius 2 is 2.12 bits per heavy atom. The summed E-state index contributed by atoms with van der Waals surface area (Å²) < 4.78 is 11.8. The predicted octanol–water partition coefficient (Wildman–Crippen LogP) is 5.30. The van der Waals surface area contributed by atoms with Gasteiger partial charge in [-0.05, 0) is 60.7 Å². The summed E-state index contributed by atoms with van der Waals surface area (Å²) >= 11 is 13.0. The number of hydrogen-bond donors (Lipinski definition) is 1. The van der Waals surface area contributed by atoms with Crippen molar-refractivity contribution in [1.29, 1.82) is 0 Å². The predicted molar refractivity (Wildman–Crippen MR) is 140 cm³/mol. The fourth-order valence-electron chi connectivity index (χ4n) is 3.69. The highest BCUT2D eigenvalue weighted by atomic mass is 35.5. The number of nitrogens with zero attached hydrogens (tertiary/aromatic N) is 1. The molecule has 0 aliphatic carbocycles. The van der Waals surface area contributed by atoms with Crippen LogP contribution in [0, 0.1) is 0 Å². The lowest BCUT2D eigenvalue weighted by molar-refractivity contribution is -0.123. The van der Waals surface area contributed by atoms with Crippen molar-refractivity contribution in [3.8, 4) is 5.75 Å². The van der Waals surface area contributed by atoms with E-state index in [-0.39, 0.29) is 24.5 Å². The average Bonchev–Trinajstić information content (AvgIpc) is 3.43. The molecule has 2 saturated heterocycles. The fourth-order valence-corrected chi connectivity index (χ4v) is 5.21. The number of carbonyl (C=O) groups is 2. The Balaban J connectivity index is 1.34. The number of ether oxygens (including phenoxy) is 2. The number of amides is 2. The van der Waals surface area contributed by atoms with Crippen molar-refractivity contribution in [1.82, 2.24) is 4.90 Å². The zero-order valence-corrected chi connectivity index (χ0v) is 21.1. The van der Waals surface area contributed by atoms with Crippen molar-refractivity contribution in [3.63, 3.8) is 0 Å². The lowest BCUT2D eigenvalue weighted by Crippen LogP contribution is -2.35. The van der Waals surface area contributed by atoms with Gasteiger partial charge < -0.3 is 14.8 Å². The molecule has 2 aromatic rings. The Kier molecular flexibility index (Phi) is 8.26. The van der Waals surface area contributed by atoms with E-state index in [9.17, 15) is 9.59 Å². The van der Waals surface area contributed by atoms with Crippen LogP contribution in [0.25, 0.3) is 6.08 Å². The van der Waals surface area contributed by atoms with Crippen LogP contribution in [0.4, 0.5) is 5.69 Å².